The maximum atomic E-state index is 12.6. The van der Waals surface area contributed by atoms with Crippen molar-refractivity contribution >= 4 is 16.7 Å². The van der Waals surface area contributed by atoms with Crippen molar-refractivity contribution in [3.05, 3.63) is 102 Å². The zero-order chi connectivity index (χ0) is 17.2. The van der Waals surface area contributed by atoms with Crippen LogP contribution in [-0.4, -0.2) is 15.3 Å². The number of pyridine rings is 1. The molecule has 0 amide bonds. The average Bonchev–Trinajstić information content (AvgIpc) is 3.10. The maximum absolute atomic E-state index is 12.6. The monoisotopic (exact) mass is 326 g/mol. The minimum absolute atomic E-state index is 0.0513. The Morgan fingerprint density at radius 3 is 2.64 bits per heavy atom. The molecule has 25 heavy (non-hydrogen) atoms. The normalized spacial score (nSPS) is 10.9. The second-order valence-corrected chi connectivity index (χ2v) is 6.30. The summed E-state index contributed by atoms with van der Waals surface area (Å²) in [6, 6.07) is 19.8. The summed E-state index contributed by atoms with van der Waals surface area (Å²) in [5.74, 6) is 0.0513. The van der Waals surface area contributed by atoms with Gasteiger partial charge in [0.25, 0.3) is 0 Å². The molecule has 4 aromatic rings. The number of rotatable bonds is 4. The number of ketones is 1. The first-order valence-corrected chi connectivity index (χ1v) is 8.30. The SMILES string of the molecule is Cc1ccc(C(=O)c2ccn(Cc3cnc4ccccc4c3)c2)cc1. The molecular weight excluding hydrogens is 308 g/mol. The first kappa shape index (κ1) is 15.3. The van der Waals surface area contributed by atoms with Crippen LogP contribution in [0.15, 0.2) is 79.3 Å². The van der Waals surface area contributed by atoms with Crippen molar-refractivity contribution in [3.8, 4) is 0 Å². The second-order valence-electron chi connectivity index (χ2n) is 6.30. The van der Waals surface area contributed by atoms with Crippen LogP contribution in [0.4, 0.5) is 0 Å². The Balaban J connectivity index is 1.56. The zero-order valence-electron chi connectivity index (χ0n) is 14.0. The van der Waals surface area contributed by atoms with Crippen LogP contribution in [0.25, 0.3) is 10.9 Å². The molecule has 3 nitrogen and oxygen atoms in total. The van der Waals surface area contributed by atoms with Gasteiger partial charge in [0.2, 0.25) is 0 Å². The molecule has 4 rings (SSSR count). The Morgan fingerprint density at radius 1 is 1.00 bits per heavy atom. The van der Waals surface area contributed by atoms with E-state index in [9.17, 15) is 4.79 Å². The van der Waals surface area contributed by atoms with E-state index in [2.05, 4.69) is 17.1 Å². The third kappa shape index (κ3) is 3.22. The predicted molar refractivity (Wildman–Crippen MR) is 99.9 cm³/mol. The Kier molecular flexibility index (Phi) is 3.90. The number of hydrogen-bond acceptors (Lipinski definition) is 2. The highest BCUT2D eigenvalue weighted by molar-refractivity contribution is 6.08. The first-order chi connectivity index (χ1) is 12.2. The van der Waals surface area contributed by atoms with Crippen molar-refractivity contribution in [2.24, 2.45) is 0 Å². The molecule has 0 fully saturated rings. The fraction of sp³-hybridized carbons (Fsp3) is 0.0909. The van der Waals surface area contributed by atoms with Gasteiger partial charge >= 0.3 is 0 Å². The molecule has 2 aromatic carbocycles. The summed E-state index contributed by atoms with van der Waals surface area (Å²) in [4.78, 5) is 17.1. The predicted octanol–water partition coefficient (Wildman–Crippen LogP) is 4.62. The number of aromatic nitrogens is 2. The molecule has 2 aromatic heterocycles. The van der Waals surface area contributed by atoms with E-state index in [-0.39, 0.29) is 5.78 Å². The highest BCUT2D eigenvalue weighted by Crippen LogP contribution is 2.15. The van der Waals surface area contributed by atoms with Gasteiger partial charge in [0.05, 0.1) is 5.52 Å². The Bertz CT molecular complexity index is 1050. The molecule has 0 aliphatic carbocycles. The topological polar surface area (TPSA) is 34.9 Å². The molecular formula is C22H18N2O. The largest absolute Gasteiger partial charge is 0.349 e. The molecule has 0 aliphatic heterocycles. The van der Waals surface area contributed by atoms with Crippen molar-refractivity contribution in [2.45, 2.75) is 13.5 Å². The van der Waals surface area contributed by atoms with Gasteiger partial charge in [-0.05, 0) is 30.7 Å². The molecule has 0 spiro atoms. The van der Waals surface area contributed by atoms with E-state index in [1.807, 2.05) is 78.6 Å². The van der Waals surface area contributed by atoms with E-state index in [0.717, 1.165) is 27.6 Å². The number of fused-ring (bicyclic) bond motifs is 1. The van der Waals surface area contributed by atoms with E-state index in [4.69, 9.17) is 0 Å². The molecule has 0 atom stereocenters. The van der Waals surface area contributed by atoms with E-state index >= 15 is 0 Å². The van der Waals surface area contributed by atoms with E-state index in [1.165, 1.54) is 0 Å². The quantitative estimate of drug-likeness (QED) is 0.513. The third-order valence-electron chi connectivity index (χ3n) is 4.34. The lowest BCUT2D eigenvalue weighted by Gasteiger charge is -2.05. The number of nitrogens with zero attached hydrogens (tertiary/aromatic N) is 2. The molecule has 0 N–H and O–H groups in total. The van der Waals surface area contributed by atoms with Gasteiger partial charge in [-0.25, -0.2) is 0 Å². The van der Waals surface area contributed by atoms with Crippen molar-refractivity contribution in [2.75, 3.05) is 0 Å². The van der Waals surface area contributed by atoms with Crippen LogP contribution in [0.2, 0.25) is 0 Å². The maximum Gasteiger partial charge on any atom is 0.194 e. The average molecular weight is 326 g/mol. The van der Waals surface area contributed by atoms with Gasteiger partial charge in [0, 0.05) is 41.6 Å². The van der Waals surface area contributed by atoms with Gasteiger partial charge < -0.3 is 4.57 Å². The minimum Gasteiger partial charge on any atom is -0.349 e. The molecule has 0 unspecified atom stereocenters. The fourth-order valence-electron chi connectivity index (χ4n) is 2.96. The Labute approximate surface area is 146 Å². The van der Waals surface area contributed by atoms with Crippen LogP contribution in [0.3, 0.4) is 0 Å². The summed E-state index contributed by atoms with van der Waals surface area (Å²) >= 11 is 0. The van der Waals surface area contributed by atoms with Gasteiger partial charge in [0.15, 0.2) is 5.78 Å². The van der Waals surface area contributed by atoms with Crippen LogP contribution >= 0.6 is 0 Å². The summed E-state index contributed by atoms with van der Waals surface area (Å²) < 4.78 is 2.02. The smallest absolute Gasteiger partial charge is 0.194 e. The second kappa shape index (κ2) is 6.36. The van der Waals surface area contributed by atoms with E-state index in [1.54, 1.807) is 0 Å². The lowest BCUT2D eigenvalue weighted by molar-refractivity contribution is 0.103. The molecule has 2 heterocycles. The van der Waals surface area contributed by atoms with Crippen molar-refractivity contribution < 1.29 is 4.79 Å². The van der Waals surface area contributed by atoms with Crippen LogP contribution in [-0.2, 0) is 6.54 Å². The van der Waals surface area contributed by atoms with Crippen molar-refractivity contribution in [1.29, 1.82) is 0 Å². The molecule has 0 saturated carbocycles. The van der Waals surface area contributed by atoms with Gasteiger partial charge in [0.1, 0.15) is 0 Å². The molecule has 0 aliphatic rings. The lowest BCUT2D eigenvalue weighted by Crippen LogP contribution is -2.01. The van der Waals surface area contributed by atoms with Gasteiger partial charge in [-0.15, -0.1) is 0 Å². The Morgan fingerprint density at radius 2 is 1.80 bits per heavy atom. The lowest BCUT2D eigenvalue weighted by atomic mass is 10.0. The molecule has 0 saturated heterocycles. The highest BCUT2D eigenvalue weighted by Gasteiger charge is 2.10. The number of carbonyl (C=O) groups excluding carboxylic acids is 1. The summed E-state index contributed by atoms with van der Waals surface area (Å²) in [5, 5.41) is 1.13. The van der Waals surface area contributed by atoms with Gasteiger partial charge in [-0.2, -0.15) is 0 Å². The summed E-state index contributed by atoms with van der Waals surface area (Å²) in [5.41, 5.74) is 4.68. The summed E-state index contributed by atoms with van der Waals surface area (Å²) in [7, 11) is 0. The van der Waals surface area contributed by atoms with Crippen LogP contribution in [0, 0.1) is 6.92 Å². The number of benzene rings is 2. The Hall–Kier alpha value is -3.20. The number of aryl methyl sites for hydroxylation is 1. The summed E-state index contributed by atoms with van der Waals surface area (Å²) in [6.45, 7) is 2.71. The number of carbonyl (C=O) groups is 1. The molecule has 0 bridgehead atoms. The van der Waals surface area contributed by atoms with Gasteiger partial charge in [-0.1, -0.05) is 48.0 Å². The first-order valence-electron chi connectivity index (χ1n) is 8.30. The fourth-order valence-corrected chi connectivity index (χ4v) is 2.96. The summed E-state index contributed by atoms with van der Waals surface area (Å²) in [6.07, 6.45) is 5.73. The minimum atomic E-state index is 0.0513. The van der Waals surface area contributed by atoms with Crippen LogP contribution in [0.5, 0.6) is 0 Å². The highest BCUT2D eigenvalue weighted by atomic mass is 16.1. The van der Waals surface area contributed by atoms with E-state index < -0.39 is 0 Å². The van der Waals surface area contributed by atoms with Crippen molar-refractivity contribution in [1.82, 2.24) is 9.55 Å². The number of para-hydroxylation sites is 1. The molecule has 122 valence electrons. The van der Waals surface area contributed by atoms with Crippen molar-refractivity contribution in [3.63, 3.8) is 0 Å². The third-order valence-corrected chi connectivity index (χ3v) is 4.34. The van der Waals surface area contributed by atoms with E-state index in [0.29, 0.717) is 12.1 Å². The molecule has 0 radical (unpaired) electrons. The van der Waals surface area contributed by atoms with Gasteiger partial charge in [-0.3, -0.25) is 9.78 Å². The zero-order valence-corrected chi connectivity index (χ0v) is 14.0. The van der Waals surface area contributed by atoms with Crippen LogP contribution < -0.4 is 0 Å². The van der Waals surface area contributed by atoms with Crippen LogP contribution in [0.1, 0.15) is 27.0 Å². The standard InChI is InChI=1S/C22H18N2O/c1-16-6-8-18(9-7-16)22(25)20-10-11-24(15-20)14-17-12-19-4-2-3-5-21(19)23-13-17/h2-13,15H,14H2,1H3. The molecule has 3 heteroatoms. The number of hydrogen-bond donors (Lipinski definition) is 0.